The van der Waals surface area contributed by atoms with Crippen LogP contribution >= 0.6 is 0 Å². The van der Waals surface area contributed by atoms with Crippen LogP contribution in [0.4, 0.5) is 0 Å². The van der Waals surface area contributed by atoms with Crippen LogP contribution in [0.15, 0.2) is 54.6 Å². The molecule has 2 N–H and O–H groups in total. The minimum atomic E-state index is -0.274. The van der Waals surface area contributed by atoms with Gasteiger partial charge in [-0.25, -0.2) is 0 Å². The van der Waals surface area contributed by atoms with E-state index in [1.165, 1.54) is 5.56 Å². The maximum atomic E-state index is 12.2. The van der Waals surface area contributed by atoms with Crippen LogP contribution in [0.5, 0.6) is 0 Å². The summed E-state index contributed by atoms with van der Waals surface area (Å²) in [7, 11) is 0. The molecule has 0 heterocycles. The molecule has 0 aliphatic rings. The molecule has 0 radical (unpaired) electrons. The van der Waals surface area contributed by atoms with Crippen molar-refractivity contribution in [2.24, 2.45) is 0 Å². The number of amides is 1. The largest absolute Gasteiger partial charge is 0.353 e. The van der Waals surface area contributed by atoms with Crippen LogP contribution < -0.4 is 10.6 Å². The highest BCUT2D eigenvalue weighted by atomic mass is 16.2. The summed E-state index contributed by atoms with van der Waals surface area (Å²) in [6.07, 6.45) is 0. The van der Waals surface area contributed by atoms with E-state index in [1.54, 1.807) is 0 Å². The number of rotatable bonds is 6. The van der Waals surface area contributed by atoms with E-state index in [0.29, 0.717) is 0 Å². The highest BCUT2D eigenvalue weighted by Crippen LogP contribution is 2.23. The number of aryl methyl sites for hydroxylation is 1. The second-order valence-corrected chi connectivity index (χ2v) is 6.31. The Labute approximate surface area is 139 Å². The van der Waals surface area contributed by atoms with E-state index >= 15 is 0 Å². The molecule has 0 saturated carbocycles. The average Bonchev–Trinajstić information content (AvgIpc) is 2.53. The van der Waals surface area contributed by atoms with Gasteiger partial charge in [-0.1, -0.05) is 60.2 Å². The zero-order chi connectivity index (χ0) is 16.8. The van der Waals surface area contributed by atoms with E-state index in [9.17, 15) is 4.79 Å². The number of hydrogen-bond donors (Lipinski definition) is 2. The predicted molar refractivity (Wildman–Crippen MR) is 95.3 cm³/mol. The summed E-state index contributed by atoms with van der Waals surface area (Å²) < 4.78 is 0. The normalized spacial score (nSPS) is 13.6. The van der Waals surface area contributed by atoms with E-state index in [0.717, 1.165) is 11.1 Å². The molecule has 2 rings (SSSR count). The number of hydrogen-bond acceptors (Lipinski definition) is 2. The first-order chi connectivity index (χ1) is 11.0. The van der Waals surface area contributed by atoms with Gasteiger partial charge in [0.15, 0.2) is 0 Å². The second-order valence-electron chi connectivity index (χ2n) is 6.31. The van der Waals surface area contributed by atoms with Crippen LogP contribution in [0, 0.1) is 6.92 Å². The van der Waals surface area contributed by atoms with Crippen LogP contribution in [0.2, 0.25) is 0 Å². The van der Waals surface area contributed by atoms with E-state index in [4.69, 9.17) is 0 Å². The third-order valence-electron chi connectivity index (χ3n) is 3.78. The number of nitrogens with one attached hydrogen (secondary N) is 2. The Morgan fingerprint density at radius 2 is 1.43 bits per heavy atom. The van der Waals surface area contributed by atoms with Crippen molar-refractivity contribution in [3.63, 3.8) is 0 Å². The highest BCUT2D eigenvalue weighted by molar-refractivity contribution is 5.81. The minimum absolute atomic E-state index is 0.00953. The Morgan fingerprint density at radius 3 is 2.00 bits per heavy atom. The SMILES string of the molecule is Cc1ccc([C@H](N[C@H](C)C(=O)NC(C)C)c2ccccc2)cc1. The van der Waals surface area contributed by atoms with Crippen molar-refractivity contribution >= 4 is 5.91 Å². The molecular formula is C20H26N2O. The topological polar surface area (TPSA) is 41.1 Å². The van der Waals surface area contributed by atoms with Gasteiger partial charge in [-0.05, 0) is 38.8 Å². The smallest absolute Gasteiger partial charge is 0.237 e. The summed E-state index contributed by atoms with van der Waals surface area (Å²) in [4.78, 5) is 12.2. The van der Waals surface area contributed by atoms with Gasteiger partial charge in [-0.15, -0.1) is 0 Å². The van der Waals surface area contributed by atoms with Crippen molar-refractivity contribution in [2.45, 2.75) is 45.8 Å². The van der Waals surface area contributed by atoms with Gasteiger partial charge in [0, 0.05) is 6.04 Å². The van der Waals surface area contributed by atoms with Crippen LogP contribution in [-0.2, 0) is 4.79 Å². The lowest BCUT2D eigenvalue weighted by Gasteiger charge is -2.24. The zero-order valence-electron chi connectivity index (χ0n) is 14.3. The van der Waals surface area contributed by atoms with E-state index in [1.807, 2.05) is 39.0 Å². The van der Waals surface area contributed by atoms with Crippen LogP contribution in [0.25, 0.3) is 0 Å². The Kier molecular flexibility index (Phi) is 5.94. The summed E-state index contributed by atoms with van der Waals surface area (Å²) in [6.45, 7) is 7.92. The molecule has 0 saturated heterocycles. The van der Waals surface area contributed by atoms with Crippen molar-refractivity contribution in [3.05, 3.63) is 71.3 Å². The number of carbonyl (C=O) groups is 1. The molecule has 0 aliphatic carbocycles. The van der Waals surface area contributed by atoms with Gasteiger partial charge in [-0.2, -0.15) is 0 Å². The molecule has 23 heavy (non-hydrogen) atoms. The van der Waals surface area contributed by atoms with Crippen molar-refractivity contribution < 1.29 is 4.79 Å². The van der Waals surface area contributed by atoms with E-state index < -0.39 is 0 Å². The zero-order valence-corrected chi connectivity index (χ0v) is 14.3. The first kappa shape index (κ1) is 17.2. The highest BCUT2D eigenvalue weighted by Gasteiger charge is 2.20. The van der Waals surface area contributed by atoms with Crippen LogP contribution in [-0.4, -0.2) is 18.0 Å². The molecule has 0 fully saturated rings. The lowest BCUT2D eigenvalue weighted by Crippen LogP contribution is -2.46. The Bertz CT molecular complexity index is 620. The summed E-state index contributed by atoms with van der Waals surface area (Å²) in [5.41, 5.74) is 3.54. The predicted octanol–water partition coefficient (Wildman–Crippen LogP) is 3.59. The maximum Gasteiger partial charge on any atom is 0.237 e. The van der Waals surface area contributed by atoms with E-state index in [2.05, 4.69) is 54.0 Å². The fraction of sp³-hybridized carbons (Fsp3) is 0.350. The third kappa shape index (κ3) is 4.93. The molecule has 3 heteroatoms. The quantitative estimate of drug-likeness (QED) is 0.856. The molecule has 2 atom stereocenters. The van der Waals surface area contributed by atoms with Crippen molar-refractivity contribution in [2.75, 3.05) is 0 Å². The van der Waals surface area contributed by atoms with Gasteiger partial charge in [0.1, 0.15) is 0 Å². The Morgan fingerprint density at radius 1 is 0.870 bits per heavy atom. The monoisotopic (exact) mass is 310 g/mol. The molecule has 2 aromatic rings. The number of benzene rings is 2. The molecule has 0 aromatic heterocycles. The van der Waals surface area contributed by atoms with Gasteiger partial charge in [0.25, 0.3) is 0 Å². The van der Waals surface area contributed by atoms with Gasteiger partial charge in [0.2, 0.25) is 5.91 Å². The first-order valence-corrected chi connectivity index (χ1v) is 8.15. The average molecular weight is 310 g/mol. The number of carbonyl (C=O) groups excluding carboxylic acids is 1. The Hall–Kier alpha value is -2.13. The van der Waals surface area contributed by atoms with Crippen molar-refractivity contribution in [1.82, 2.24) is 10.6 Å². The molecule has 3 nitrogen and oxygen atoms in total. The summed E-state index contributed by atoms with van der Waals surface area (Å²) in [6, 6.07) is 18.5. The third-order valence-corrected chi connectivity index (χ3v) is 3.78. The summed E-state index contributed by atoms with van der Waals surface area (Å²) in [5, 5.41) is 6.42. The standard InChI is InChI=1S/C20H26N2O/c1-14(2)21-20(23)16(4)22-19(17-8-6-5-7-9-17)18-12-10-15(3)11-13-18/h5-14,16,19,22H,1-4H3,(H,21,23)/t16-,19-/m1/s1. The van der Waals surface area contributed by atoms with Crippen LogP contribution in [0.1, 0.15) is 43.5 Å². The van der Waals surface area contributed by atoms with Gasteiger partial charge >= 0.3 is 0 Å². The molecule has 2 aromatic carbocycles. The van der Waals surface area contributed by atoms with Crippen molar-refractivity contribution in [1.29, 1.82) is 0 Å². The van der Waals surface area contributed by atoms with Gasteiger partial charge in [-0.3, -0.25) is 10.1 Å². The van der Waals surface area contributed by atoms with Crippen molar-refractivity contribution in [3.8, 4) is 0 Å². The fourth-order valence-corrected chi connectivity index (χ4v) is 2.52. The summed E-state index contributed by atoms with van der Waals surface area (Å²) >= 11 is 0. The second kappa shape index (κ2) is 7.93. The van der Waals surface area contributed by atoms with Gasteiger partial charge < -0.3 is 5.32 Å². The molecule has 0 unspecified atom stereocenters. The maximum absolute atomic E-state index is 12.2. The Balaban J connectivity index is 2.24. The molecule has 0 bridgehead atoms. The lowest BCUT2D eigenvalue weighted by atomic mass is 9.97. The molecule has 122 valence electrons. The molecule has 0 spiro atoms. The molecule has 0 aliphatic heterocycles. The summed E-state index contributed by atoms with van der Waals surface area (Å²) in [5.74, 6) is 0.0213. The van der Waals surface area contributed by atoms with Gasteiger partial charge in [0.05, 0.1) is 12.1 Å². The minimum Gasteiger partial charge on any atom is -0.353 e. The lowest BCUT2D eigenvalue weighted by molar-refractivity contribution is -0.123. The molecule has 1 amide bonds. The van der Waals surface area contributed by atoms with Crippen LogP contribution in [0.3, 0.4) is 0 Å². The fourth-order valence-electron chi connectivity index (χ4n) is 2.52. The first-order valence-electron chi connectivity index (χ1n) is 8.15. The molecular weight excluding hydrogens is 284 g/mol. The van der Waals surface area contributed by atoms with E-state index in [-0.39, 0.29) is 24.0 Å².